The van der Waals surface area contributed by atoms with Crippen LogP contribution in [-0.4, -0.2) is 21.1 Å². The molecule has 0 atom stereocenters. The number of hydrogen-bond donors (Lipinski definition) is 1. The predicted octanol–water partition coefficient (Wildman–Crippen LogP) is 5.07. The van der Waals surface area contributed by atoms with Crippen LogP contribution >= 0.6 is 12.2 Å². The van der Waals surface area contributed by atoms with Crippen LogP contribution in [0, 0.1) is 4.77 Å². The average Bonchev–Trinajstić information content (AvgIpc) is 3.13. The van der Waals surface area contributed by atoms with Crippen molar-refractivity contribution < 1.29 is 4.74 Å². The van der Waals surface area contributed by atoms with E-state index in [9.17, 15) is 0 Å². The van der Waals surface area contributed by atoms with E-state index >= 15 is 0 Å². The highest BCUT2D eigenvalue weighted by atomic mass is 32.1. The molecule has 0 fully saturated rings. The van der Waals surface area contributed by atoms with Gasteiger partial charge in [0.05, 0.1) is 6.21 Å². The molecule has 0 radical (unpaired) electrons. The third-order valence-corrected chi connectivity index (χ3v) is 4.38. The van der Waals surface area contributed by atoms with E-state index < -0.39 is 0 Å². The fourth-order valence-electron chi connectivity index (χ4n) is 2.72. The third-order valence-electron chi connectivity index (χ3n) is 4.11. The molecular weight excluding hydrogens is 368 g/mol. The predicted molar refractivity (Wildman–Crippen MR) is 113 cm³/mol. The number of aromatic nitrogens is 3. The lowest BCUT2D eigenvalue weighted by Crippen LogP contribution is -1.97. The molecule has 6 heteroatoms. The lowest BCUT2D eigenvalue weighted by molar-refractivity contribution is 0.306. The summed E-state index contributed by atoms with van der Waals surface area (Å²) in [4.78, 5) is 0. The highest BCUT2D eigenvalue weighted by Gasteiger charge is 2.07. The van der Waals surface area contributed by atoms with Gasteiger partial charge in [-0.25, -0.2) is 5.10 Å². The van der Waals surface area contributed by atoms with Gasteiger partial charge in [0.2, 0.25) is 4.77 Å². The van der Waals surface area contributed by atoms with Gasteiger partial charge < -0.3 is 4.74 Å². The third kappa shape index (κ3) is 4.24. The van der Waals surface area contributed by atoms with E-state index in [1.165, 1.54) is 0 Å². The van der Waals surface area contributed by atoms with Gasteiger partial charge in [-0.05, 0) is 35.5 Å². The maximum Gasteiger partial charge on any atom is 0.216 e. The van der Waals surface area contributed by atoms with Crippen molar-refractivity contribution in [2.75, 3.05) is 0 Å². The SMILES string of the molecule is S=c1[nH]nc(-c2ccccc2)n1/N=C/c1cccc(OCc2ccccc2)c1. The largest absolute Gasteiger partial charge is 0.489 e. The van der Waals surface area contributed by atoms with Gasteiger partial charge in [0.1, 0.15) is 12.4 Å². The van der Waals surface area contributed by atoms with Gasteiger partial charge in [-0.15, -0.1) is 0 Å². The van der Waals surface area contributed by atoms with Gasteiger partial charge in [0.15, 0.2) is 5.82 Å². The first-order valence-electron chi connectivity index (χ1n) is 8.83. The topological polar surface area (TPSA) is 55.2 Å². The molecule has 28 heavy (non-hydrogen) atoms. The first kappa shape index (κ1) is 17.9. The molecular formula is C22H18N4OS. The van der Waals surface area contributed by atoms with E-state index in [2.05, 4.69) is 15.3 Å². The summed E-state index contributed by atoms with van der Waals surface area (Å²) < 4.78 is 7.93. The maximum absolute atomic E-state index is 5.88. The summed E-state index contributed by atoms with van der Waals surface area (Å²) in [6.45, 7) is 0.520. The van der Waals surface area contributed by atoms with Crippen LogP contribution in [0.5, 0.6) is 5.75 Å². The summed E-state index contributed by atoms with van der Waals surface area (Å²) in [6.07, 6.45) is 1.74. The molecule has 5 nitrogen and oxygen atoms in total. The van der Waals surface area contributed by atoms with E-state index in [1.807, 2.05) is 84.9 Å². The Morgan fingerprint density at radius 3 is 2.50 bits per heavy atom. The van der Waals surface area contributed by atoms with Gasteiger partial charge in [0.25, 0.3) is 0 Å². The molecule has 138 valence electrons. The smallest absolute Gasteiger partial charge is 0.216 e. The Labute approximate surface area is 167 Å². The zero-order chi connectivity index (χ0) is 19.2. The molecule has 3 aromatic carbocycles. The lowest BCUT2D eigenvalue weighted by atomic mass is 10.2. The van der Waals surface area contributed by atoms with Crippen LogP contribution in [0.3, 0.4) is 0 Å². The standard InChI is InChI=1S/C22H18N4OS/c28-22-25-24-21(19-11-5-2-6-12-19)26(22)23-15-18-10-7-13-20(14-18)27-16-17-8-3-1-4-9-17/h1-15H,16H2,(H,25,28)/b23-15+. The van der Waals surface area contributed by atoms with E-state index in [0.29, 0.717) is 17.2 Å². The van der Waals surface area contributed by atoms with Crippen molar-refractivity contribution in [3.05, 3.63) is 101 Å². The van der Waals surface area contributed by atoms with Crippen LogP contribution in [0.25, 0.3) is 11.4 Å². The number of H-pyrrole nitrogens is 1. The minimum absolute atomic E-state index is 0.437. The van der Waals surface area contributed by atoms with Crippen LogP contribution in [-0.2, 0) is 6.61 Å². The second kappa shape index (κ2) is 8.45. The van der Waals surface area contributed by atoms with Gasteiger partial charge in [-0.2, -0.15) is 14.9 Å². The van der Waals surface area contributed by atoms with Crippen LogP contribution in [0.2, 0.25) is 0 Å². The average molecular weight is 386 g/mol. The highest BCUT2D eigenvalue weighted by Crippen LogP contribution is 2.17. The van der Waals surface area contributed by atoms with Crippen molar-refractivity contribution in [3.8, 4) is 17.1 Å². The summed E-state index contributed by atoms with van der Waals surface area (Å²) in [6, 6.07) is 27.6. The molecule has 0 saturated carbocycles. The van der Waals surface area contributed by atoms with Crippen LogP contribution in [0.1, 0.15) is 11.1 Å². The second-order valence-electron chi connectivity index (χ2n) is 6.12. The lowest BCUT2D eigenvalue weighted by Gasteiger charge is -2.07. The van der Waals surface area contributed by atoms with Gasteiger partial charge >= 0.3 is 0 Å². The molecule has 0 aliphatic heterocycles. The van der Waals surface area contributed by atoms with Crippen molar-refractivity contribution in [1.29, 1.82) is 0 Å². The molecule has 1 aromatic heterocycles. The number of ether oxygens (including phenoxy) is 1. The quantitative estimate of drug-likeness (QED) is 0.372. The molecule has 0 bridgehead atoms. The van der Waals surface area contributed by atoms with Crippen LogP contribution in [0.4, 0.5) is 0 Å². The van der Waals surface area contributed by atoms with Crippen molar-refractivity contribution in [1.82, 2.24) is 14.9 Å². The Balaban J connectivity index is 1.53. The molecule has 1 N–H and O–H groups in total. The first-order valence-corrected chi connectivity index (χ1v) is 9.24. The Bertz CT molecular complexity index is 1130. The number of aromatic amines is 1. The number of nitrogens with zero attached hydrogens (tertiary/aromatic N) is 3. The zero-order valence-electron chi connectivity index (χ0n) is 15.0. The molecule has 0 spiro atoms. The molecule has 4 rings (SSSR count). The Hall–Kier alpha value is -3.51. The summed E-state index contributed by atoms with van der Waals surface area (Å²) in [7, 11) is 0. The maximum atomic E-state index is 5.88. The summed E-state index contributed by atoms with van der Waals surface area (Å²) in [5.41, 5.74) is 2.97. The molecule has 0 unspecified atom stereocenters. The monoisotopic (exact) mass is 386 g/mol. The highest BCUT2D eigenvalue weighted by molar-refractivity contribution is 7.71. The zero-order valence-corrected chi connectivity index (χ0v) is 15.8. The normalized spacial score (nSPS) is 11.0. The number of benzene rings is 3. The molecule has 0 amide bonds. The van der Waals surface area contributed by atoms with Crippen molar-refractivity contribution in [2.45, 2.75) is 6.61 Å². The molecule has 0 saturated heterocycles. The molecule has 0 aliphatic carbocycles. The van der Waals surface area contributed by atoms with E-state index in [0.717, 1.165) is 22.4 Å². The van der Waals surface area contributed by atoms with Gasteiger partial charge in [-0.1, -0.05) is 72.8 Å². The molecule has 1 heterocycles. The minimum atomic E-state index is 0.437. The van der Waals surface area contributed by atoms with Crippen molar-refractivity contribution >= 4 is 18.4 Å². The van der Waals surface area contributed by atoms with Crippen molar-refractivity contribution in [2.24, 2.45) is 5.10 Å². The van der Waals surface area contributed by atoms with E-state index in [1.54, 1.807) is 10.9 Å². The number of hydrogen-bond acceptors (Lipinski definition) is 4. The Kier molecular flexibility index (Phi) is 5.40. The second-order valence-corrected chi connectivity index (χ2v) is 6.51. The first-order chi connectivity index (χ1) is 13.8. The Morgan fingerprint density at radius 1 is 0.964 bits per heavy atom. The fraction of sp³-hybridized carbons (Fsp3) is 0.0455. The van der Waals surface area contributed by atoms with E-state index in [4.69, 9.17) is 17.0 Å². The fourth-order valence-corrected chi connectivity index (χ4v) is 2.90. The molecule has 0 aliphatic rings. The van der Waals surface area contributed by atoms with E-state index in [-0.39, 0.29) is 0 Å². The summed E-state index contributed by atoms with van der Waals surface area (Å²) in [5, 5.41) is 11.6. The van der Waals surface area contributed by atoms with Crippen LogP contribution in [0.15, 0.2) is 90.0 Å². The minimum Gasteiger partial charge on any atom is -0.489 e. The van der Waals surface area contributed by atoms with Crippen molar-refractivity contribution in [3.63, 3.8) is 0 Å². The van der Waals surface area contributed by atoms with Crippen LogP contribution < -0.4 is 4.74 Å². The number of rotatable bonds is 6. The number of nitrogens with one attached hydrogen (secondary N) is 1. The Morgan fingerprint density at radius 2 is 1.71 bits per heavy atom. The summed E-state index contributed by atoms with van der Waals surface area (Å²) >= 11 is 5.32. The van der Waals surface area contributed by atoms with Gasteiger partial charge in [-0.3, -0.25) is 0 Å². The summed E-state index contributed by atoms with van der Waals surface area (Å²) in [5.74, 6) is 1.45. The van der Waals surface area contributed by atoms with Gasteiger partial charge in [0, 0.05) is 5.56 Å². The molecule has 4 aromatic rings.